The van der Waals surface area contributed by atoms with Gasteiger partial charge >= 0.3 is 5.00 Å². The molecule has 3 N–H and O–H groups in total. The summed E-state index contributed by atoms with van der Waals surface area (Å²) in [6, 6.07) is 6.51. The molecule has 1 aliphatic carbocycles. The van der Waals surface area contributed by atoms with E-state index in [-0.39, 0.29) is 22.0 Å². The molecule has 1 aliphatic rings. The topological polar surface area (TPSA) is 111 Å². The first kappa shape index (κ1) is 13.5. The van der Waals surface area contributed by atoms with E-state index in [2.05, 4.69) is 10.3 Å². The summed E-state index contributed by atoms with van der Waals surface area (Å²) in [6.07, 6.45) is 1.82. The third kappa shape index (κ3) is 2.84. The standard InChI is InChI=1S/C13H12N4O3S/c14-9-3-1-2-8(6-9)11(18)16-13-15-10(7-4-5-7)12(21-13)17(19)20/h1-3,6-7H,4-5,14H2,(H,15,16,18). The summed E-state index contributed by atoms with van der Waals surface area (Å²) in [6.45, 7) is 0. The van der Waals surface area contributed by atoms with Crippen molar-refractivity contribution in [2.75, 3.05) is 11.1 Å². The number of hydrogen-bond acceptors (Lipinski definition) is 6. The van der Waals surface area contributed by atoms with Crippen molar-refractivity contribution in [3.63, 3.8) is 0 Å². The molecule has 1 aromatic carbocycles. The zero-order valence-electron chi connectivity index (χ0n) is 10.9. The molecule has 108 valence electrons. The highest BCUT2D eigenvalue weighted by Crippen LogP contribution is 2.46. The Hall–Kier alpha value is -2.48. The molecule has 0 bridgehead atoms. The van der Waals surface area contributed by atoms with Gasteiger partial charge in [-0.3, -0.25) is 20.2 Å². The van der Waals surface area contributed by atoms with Crippen LogP contribution < -0.4 is 11.1 Å². The molecule has 0 unspecified atom stereocenters. The fourth-order valence-electron chi connectivity index (χ4n) is 1.98. The summed E-state index contributed by atoms with van der Waals surface area (Å²) >= 11 is 0.890. The Bertz CT molecular complexity index is 724. The lowest BCUT2D eigenvalue weighted by atomic mass is 10.2. The molecule has 3 rings (SSSR count). The molecule has 0 radical (unpaired) electrons. The van der Waals surface area contributed by atoms with Crippen molar-refractivity contribution < 1.29 is 9.72 Å². The van der Waals surface area contributed by atoms with Gasteiger partial charge in [0.1, 0.15) is 5.69 Å². The number of thiazole rings is 1. The number of nitro groups is 1. The first-order valence-corrected chi connectivity index (χ1v) is 7.18. The third-order valence-electron chi connectivity index (χ3n) is 3.13. The summed E-state index contributed by atoms with van der Waals surface area (Å²) in [4.78, 5) is 26.8. The van der Waals surface area contributed by atoms with E-state index in [1.807, 2.05) is 0 Å². The smallest absolute Gasteiger partial charge is 0.349 e. The lowest BCUT2D eigenvalue weighted by molar-refractivity contribution is -0.381. The molecule has 0 aliphatic heterocycles. The first-order chi connectivity index (χ1) is 10.0. The number of hydrogen-bond donors (Lipinski definition) is 2. The predicted molar refractivity (Wildman–Crippen MR) is 79.6 cm³/mol. The first-order valence-electron chi connectivity index (χ1n) is 6.36. The Morgan fingerprint density at radius 1 is 1.48 bits per heavy atom. The van der Waals surface area contributed by atoms with Gasteiger partial charge in [-0.25, -0.2) is 4.98 Å². The number of amides is 1. The van der Waals surface area contributed by atoms with Gasteiger partial charge in [-0.05, 0) is 42.4 Å². The maximum atomic E-state index is 12.1. The van der Waals surface area contributed by atoms with Crippen LogP contribution in [-0.4, -0.2) is 15.8 Å². The Morgan fingerprint density at radius 2 is 2.24 bits per heavy atom. The van der Waals surface area contributed by atoms with Gasteiger partial charge < -0.3 is 5.73 Å². The number of carbonyl (C=O) groups is 1. The molecular formula is C13H12N4O3S. The number of nitrogen functional groups attached to an aromatic ring is 1. The number of nitrogens with one attached hydrogen (secondary N) is 1. The number of anilines is 2. The van der Waals surface area contributed by atoms with Crippen molar-refractivity contribution in [3.05, 3.63) is 45.6 Å². The number of benzene rings is 1. The highest BCUT2D eigenvalue weighted by Gasteiger charge is 2.35. The summed E-state index contributed by atoms with van der Waals surface area (Å²) in [5.41, 5.74) is 6.97. The Morgan fingerprint density at radius 3 is 2.86 bits per heavy atom. The van der Waals surface area contributed by atoms with E-state index in [9.17, 15) is 14.9 Å². The summed E-state index contributed by atoms with van der Waals surface area (Å²) < 4.78 is 0. The van der Waals surface area contributed by atoms with Crippen LogP contribution in [0.25, 0.3) is 0 Å². The van der Waals surface area contributed by atoms with E-state index >= 15 is 0 Å². The highest BCUT2D eigenvalue weighted by atomic mass is 32.1. The third-order valence-corrected chi connectivity index (χ3v) is 4.07. The van der Waals surface area contributed by atoms with Crippen LogP contribution in [-0.2, 0) is 0 Å². The normalized spacial score (nSPS) is 13.9. The van der Waals surface area contributed by atoms with Crippen LogP contribution >= 0.6 is 11.3 Å². The monoisotopic (exact) mass is 304 g/mol. The van der Waals surface area contributed by atoms with Crippen LogP contribution in [0.2, 0.25) is 0 Å². The van der Waals surface area contributed by atoms with Crippen LogP contribution in [0.1, 0.15) is 34.8 Å². The van der Waals surface area contributed by atoms with E-state index in [1.54, 1.807) is 24.3 Å². The minimum absolute atomic E-state index is 0.0142. The van der Waals surface area contributed by atoms with Crippen molar-refractivity contribution in [2.45, 2.75) is 18.8 Å². The number of nitrogens with two attached hydrogens (primary N) is 1. The van der Waals surface area contributed by atoms with Gasteiger partial charge in [0, 0.05) is 17.2 Å². The van der Waals surface area contributed by atoms with E-state index in [0.29, 0.717) is 16.9 Å². The molecule has 21 heavy (non-hydrogen) atoms. The largest absolute Gasteiger partial charge is 0.399 e. The SMILES string of the molecule is Nc1cccc(C(=O)Nc2nc(C3CC3)c([N+](=O)[O-])s2)c1. The van der Waals surface area contributed by atoms with Crippen LogP contribution in [0.4, 0.5) is 15.8 Å². The van der Waals surface area contributed by atoms with Crippen LogP contribution in [0.5, 0.6) is 0 Å². The molecular weight excluding hydrogens is 292 g/mol. The molecule has 0 saturated heterocycles. The minimum atomic E-state index is -0.443. The second-order valence-electron chi connectivity index (χ2n) is 4.82. The van der Waals surface area contributed by atoms with Crippen LogP contribution in [0, 0.1) is 10.1 Å². The van der Waals surface area contributed by atoms with Crippen molar-refractivity contribution in [1.29, 1.82) is 0 Å². The molecule has 2 aromatic rings. The Labute approximate surface area is 124 Å². The molecule has 1 fully saturated rings. The summed E-state index contributed by atoms with van der Waals surface area (Å²) in [7, 11) is 0. The second kappa shape index (κ2) is 5.13. The maximum Gasteiger partial charge on any atom is 0.349 e. The molecule has 1 amide bonds. The van der Waals surface area contributed by atoms with Crippen LogP contribution in [0.15, 0.2) is 24.3 Å². The van der Waals surface area contributed by atoms with E-state index in [1.165, 1.54) is 0 Å². The summed E-state index contributed by atoms with van der Waals surface area (Å²) in [5, 5.41) is 13.9. The average molecular weight is 304 g/mol. The predicted octanol–water partition coefficient (Wildman–Crippen LogP) is 2.76. The Balaban J connectivity index is 1.83. The Kier molecular flexibility index (Phi) is 3.30. The van der Waals surface area contributed by atoms with Crippen molar-refractivity contribution in [3.8, 4) is 0 Å². The fraction of sp³-hybridized carbons (Fsp3) is 0.231. The molecule has 8 heteroatoms. The van der Waals surface area contributed by atoms with E-state index in [4.69, 9.17) is 5.73 Å². The van der Waals surface area contributed by atoms with Gasteiger partial charge in [0.25, 0.3) is 5.91 Å². The molecule has 7 nitrogen and oxygen atoms in total. The lowest BCUT2D eigenvalue weighted by Crippen LogP contribution is -2.11. The summed E-state index contributed by atoms with van der Waals surface area (Å²) in [5.74, 6) is -0.229. The number of nitrogens with zero attached hydrogens (tertiary/aromatic N) is 2. The number of carbonyl (C=O) groups excluding carboxylic acids is 1. The highest BCUT2D eigenvalue weighted by molar-refractivity contribution is 7.19. The second-order valence-corrected chi connectivity index (χ2v) is 5.80. The molecule has 0 spiro atoms. The van der Waals surface area contributed by atoms with Crippen molar-refractivity contribution in [2.24, 2.45) is 0 Å². The quantitative estimate of drug-likeness (QED) is 0.512. The molecule has 1 heterocycles. The van der Waals surface area contributed by atoms with Crippen molar-refractivity contribution >= 4 is 33.1 Å². The fourth-order valence-corrected chi connectivity index (χ4v) is 2.84. The minimum Gasteiger partial charge on any atom is -0.399 e. The maximum absolute atomic E-state index is 12.1. The van der Waals surface area contributed by atoms with Gasteiger partial charge in [0.15, 0.2) is 5.13 Å². The van der Waals surface area contributed by atoms with Gasteiger partial charge in [0.05, 0.1) is 4.92 Å². The van der Waals surface area contributed by atoms with Crippen molar-refractivity contribution in [1.82, 2.24) is 4.98 Å². The van der Waals surface area contributed by atoms with Gasteiger partial charge in [-0.15, -0.1) is 0 Å². The van der Waals surface area contributed by atoms with E-state index < -0.39 is 4.92 Å². The number of aromatic nitrogens is 1. The van der Waals surface area contributed by atoms with Gasteiger partial charge in [-0.1, -0.05) is 6.07 Å². The zero-order chi connectivity index (χ0) is 15.0. The lowest BCUT2D eigenvalue weighted by Gasteiger charge is -2.01. The van der Waals surface area contributed by atoms with Crippen LogP contribution in [0.3, 0.4) is 0 Å². The van der Waals surface area contributed by atoms with Gasteiger partial charge in [-0.2, -0.15) is 0 Å². The average Bonchev–Trinajstić information content (AvgIpc) is 3.20. The molecule has 1 saturated carbocycles. The zero-order valence-corrected chi connectivity index (χ0v) is 11.7. The van der Waals surface area contributed by atoms with Gasteiger partial charge in [0.2, 0.25) is 0 Å². The number of rotatable bonds is 4. The molecule has 0 atom stereocenters. The van der Waals surface area contributed by atoms with E-state index in [0.717, 1.165) is 24.2 Å². The molecule has 1 aromatic heterocycles.